The molecule has 1 aromatic carbocycles. The molecule has 0 radical (unpaired) electrons. The number of hydrogen-bond donors (Lipinski definition) is 1. The van der Waals surface area contributed by atoms with E-state index < -0.39 is 15.8 Å². The zero-order valence-electron chi connectivity index (χ0n) is 12.4. The molecule has 2 heterocycles. The van der Waals surface area contributed by atoms with Gasteiger partial charge < -0.3 is 10.2 Å². The molecule has 2 fully saturated rings. The number of para-hydroxylation sites is 1. The molecular formula is C15H17BrN2O4S. The second-order valence-electron chi connectivity index (χ2n) is 5.97. The van der Waals surface area contributed by atoms with E-state index in [9.17, 15) is 18.0 Å². The monoisotopic (exact) mass is 400 g/mol. The van der Waals surface area contributed by atoms with Gasteiger partial charge in [-0.15, -0.1) is 0 Å². The van der Waals surface area contributed by atoms with E-state index >= 15 is 0 Å². The third kappa shape index (κ3) is 3.58. The van der Waals surface area contributed by atoms with Gasteiger partial charge in [0, 0.05) is 23.5 Å². The fourth-order valence-electron chi connectivity index (χ4n) is 3.01. The lowest BCUT2D eigenvalue weighted by Gasteiger charge is -2.19. The summed E-state index contributed by atoms with van der Waals surface area (Å²) in [6, 6.07) is 7.04. The average molecular weight is 401 g/mol. The first kappa shape index (κ1) is 16.4. The summed E-state index contributed by atoms with van der Waals surface area (Å²) >= 11 is 3.41. The number of nitrogens with zero attached hydrogens (tertiary/aromatic N) is 1. The van der Waals surface area contributed by atoms with Gasteiger partial charge in [-0.05, 0) is 34.5 Å². The molecule has 0 spiro atoms. The van der Waals surface area contributed by atoms with Crippen molar-refractivity contribution in [3.63, 3.8) is 0 Å². The van der Waals surface area contributed by atoms with Crippen LogP contribution in [0.25, 0.3) is 0 Å². The first-order valence-electron chi connectivity index (χ1n) is 7.41. The van der Waals surface area contributed by atoms with E-state index in [4.69, 9.17) is 0 Å². The summed E-state index contributed by atoms with van der Waals surface area (Å²) in [6.45, 7) is 0.312. The number of benzene rings is 1. The van der Waals surface area contributed by atoms with Crippen LogP contribution >= 0.6 is 15.9 Å². The van der Waals surface area contributed by atoms with Crippen LogP contribution in [0.15, 0.2) is 28.7 Å². The van der Waals surface area contributed by atoms with Gasteiger partial charge in [0.2, 0.25) is 11.8 Å². The lowest BCUT2D eigenvalue weighted by molar-refractivity contribution is -0.126. The van der Waals surface area contributed by atoms with Crippen molar-refractivity contribution in [3.05, 3.63) is 28.7 Å². The van der Waals surface area contributed by atoms with Gasteiger partial charge in [-0.2, -0.15) is 0 Å². The Morgan fingerprint density at radius 1 is 1.30 bits per heavy atom. The smallest absolute Gasteiger partial charge is 0.227 e. The molecule has 8 heteroatoms. The van der Waals surface area contributed by atoms with E-state index in [0.29, 0.717) is 13.0 Å². The van der Waals surface area contributed by atoms with Gasteiger partial charge in [0.25, 0.3) is 0 Å². The summed E-state index contributed by atoms with van der Waals surface area (Å²) in [5, 5.41) is 2.77. The maximum absolute atomic E-state index is 12.3. The van der Waals surface area contributed by atoms with Crippen LogP contribution in [-0.2, 0) is 19.4 Å². The molecule has 0 unspecified atom stereocenters. The first-order valence-corrected chi connectivity index (χ1v) is 10.0. The minimum absolute atomic E-state index is 0.00659. The largest absolute Gasteiger partial charge is 0.352 e. The molecule has 2 atom stereocenters. The number of sulfone groups is 1. The molecule has 0 aliphatic carbocycles. The summed E-state index contributed by atoms with van der Waals surface area (Å²) in [7, 11) is -3.03. The van der Waals surface area contributed by atoms with Crippen LogP contribution in [0, 0.1) is 5.92 Å². The van der Waals surface area contributed by atoms with Crippen molar-refractivity contribution in [1.82, 2.24) is 5.32 Å². The molecule has 6 nitrogen and oxygen atoms in total. The molecule has 2 aliphatic rings. The van der Waals surface area contributed by atoms with Gasteiger partial charge in [-0.3, -0.25) is 9.59 Å². The van der Waals surface area contributed by atoms with Gasteiger partial charge in [0.15, 0.2) is 9.84 Å². The molecule has 124 valence electrons. The summed E-state index contributed by atoms with van der Waals surface area (Å²) in [6.07, 6.45) is 0.593. The van der Waals surface area contributed by atoms with Gasteiger partial charge in [-0.25, -0.2) is 8.42 Å². The molecule has 0 aromatic heterocycles. The molecule has 3 rings (SSSR count). The van der Waals surface area contributed by atoms with Gasteiger partial charge in [0.1, 0.15) is 0 Å². The Morgan fingerprint density at radius 2 is 2.04 bits per heavy atom. The van der Waals surface area contributed by atoms with Crippen molar-refractivity contribution in [3.8, 4) is 0 Å². The van der Waals surface area contributed by atoms with Crippen LogP contribution in [0.1, 0.15) is 12.8 Å². The summed E-state index contributed by atoms with van der Waals surface area (Å²) in [5.74, 6) is -0.679. The quantitative estimate of drug-likeness (QED) is 0.823. The standard InChI is InChI=1S/C15H17BrN2O4S/c16-12-3-1-2-4-13(12)18-8-10(7-14(18)19)15(20)17-11-5-6-23(21,22)9-11/h1-4,10-11H,5-9H2,(H,17,20)/t10-,11+/m1/s1. The normalized spacial score (nSPS) is 26.5. The lowest BCUT2D eigenvalue weighted by Crippen LogP contribution is -2.40. The van der Waals surface area contributed by atoms with Crippen molar-refractivity contribution in [2.45, 2.75) is 18.9 Å². The zero-order chi connectivity index (χ0) is 16.6. The van der Waals surface area contributed by atoms with Crippen LogP contribution in [0.4, 0.5) is 5.69 Å². The number of anilines is 1. The highest BCUT2D eigenvalue weighted by Crippen LogP contribution is 2.31. The Labute approximate surface area is 143 Å². The van der Waals surface area contributed by atoms with E-state index in [0.717, 1.165) is 10.2 Å². The van der Waals surface area contributed by atoms with E-state index in [-0.39, 0.29) is 35.8 Å². The lowest BCUT2D eigenvalue weighted by atomic mass is 10.1. The summed E-state index contributed by atoms with van der Waals surface area (Å²) < 4.78 is 23.7. The number of carbonyl (C=O) groups excluding carboxylic acids is 2. The van der Waals surface area contributed by atoms with Crippen molar-refractivity contribution < 1.29 is 18.0 Å². The minimum Gasteiger partial charge on any atom is -0.352 e. The second kappa shape index (κ2) is 6.24. The van der Waals surface area contributed by atoms with E-state index in [1.165, 1.54) is 0 Å². The summed E-state index contributed by atoms with van der Waals surface area (Å²) in [5.41, 5.74) is 0.747. The number of nitrogens with one attached hydrogen (secondary N) is 1. The molecule has 23 heavy (non-hydrogen) atoms. The van der Waals surface area contributed by atoms with Crippen molar-refractivity contribution in [2.24, 2.45) is 5.92 Å². The van der Waals surface area contributed by atoms with E-state index in [1.807, 2.05) is 24.3 Å². The van der Waals surface area contributed by atoms with Crippen molar-refractivity contribution >= 4 is 43.3 Å². The molecule has 1 N–H and O–H groups in total. The molecule has 2 aliphatic heterocycles. The van der Waals surface area contributed by atoms with Crippen LogP contribution < -0.4 is 10.2 Å². The Balaban J connectivity index is 1.66. The molecular weight excluding hydrogens is 384 g/mol. The third-order valence-corrected chi connectivity index (χ3v) is 6.66. The Hall–Kier alpha value is -1.41. The number of carbonyl (C=O) groups is 2. The summed E-state index contributed by atoms with van der Waals surface area (Å²) in [4.78, 5) is 26.1. The third-order valence-electron chi connectivity index (χ3n) is 4.22. The number of halogens is 1. The highest BCUT2D eigenvalue weighted by molar-refractivity contribution is 9.10. The SMILES string of the molecule is O=C(N[C@H]1CCS(=O)(=O)C1)[C@@H]1CC(=O)N(c2ccccc2Br)C1. The highest BCUT2D eigenvalue weighted by atomic mass is 79.9. The number of rotatable bonds is 3. The van der Waals surface area contributed by atoms with Crippen LogP contribution in [-0.4, -0.2) is 44.3 Å². The van der Waals surface area contributed by atoms with Crippen LogP contribution in [0.3, 0.4) is 0 Å². The highest BCUT2D eigenvalue weighted by Gasteiger charge is 2.37. The molecule has 0 bridgehead atoms. The maximum atomic E-state index is 12.3. The molecule has 0 saturated carbocycles. The predicted molar refractivity (Wildman–Crippen MR) is 89.8 cm³/mol. The molecule has 2 amide bonds. The Morgan fingerprint density at radius 3 is 2.70 bits per heavy atom. The predicted octanol–water partition coefficient (Wildman–Crippen LogP) is 1.11. The maximum Gasteiger partial charge on any atom is 0.227 e. The number of hydrogen-bond acceptors (Lipinski definition) is 4. The average Bonchev–Trinajstić information content (AvgIpc) is 3.02. The van der Waals surface area contributed by atoms with Crippen LogP contribution in [0.2, 0.25) is 0 Å². The van der Waals surface area contributed by atoms with Crippen LogP contribution in [0.5, 0.6) is 0 Å². The van der Waals surface area contributed by atoms with Crippen molar-refractivity contribution in [2.75, 3.05) is 23.0 Å². The fraction of sp³-hybridized carbons (Fsp3) is 0.467. The van der Waals surface area contributed by atoms with Gasteiger partial charge in [0.05, 0.1) is 23.1 Å². The first-order chi connectivity index (χ1) is 10.9. The Kier molecular flexibility index (Phi) is 4.46. The van der Waals surface area contributed by atoms with E-state index in [2.05, 4.69) is 21.2 Å². The van der Waals surface area contributed by atoms with Gasteiger partial charge >= 0.3 is 0 Å². The minimum atomic E-state index is -3.03. The molecule has 1 aromatic rings. The van der Waals surface area contributed by atoms with Crippen molar-refractivity contribution in [1.29, 1.82) is 0 Å². The van der Waals surface area contributed by atoms with Gasteiger partial charge in [-0.1, -0.05) is 12.1 Å². The zero-order valence-corrected chi connectivity index (χ0v) is 14.8. The topological polar surface area (TPSA) is 83.5 Å². The Bertz CT molecular complexity index is 750. The fourth-order valence-corrected chi connectivity index (χ4v) is 5.19. The number of amides is 2. The van der Waals surface area contributed by atoms with E-state index in [1.54, 1.807) is 4.90 Å². The molecule has 2 saturated heterocycles. The second-order valence-corrected chi connectivity index (χ2v) is 9.05.